The van der Waals surface area contributed by atoms with E-state index in [2.05, 4.69) is 5.32 Å². The maximum Gasteiger partial charge on any atom is 0.259 e. The molecule has 2 aromatic rings. The van der Waals surface area contributed by atoms with Crippen LogP contribution in [0.25, 0.3) is 0 Å². The molecule has 0 unspecified atom stereocenters. The summed E-state index contributed by atoms with van der Waals surface area (Å²) in [6.45, 7) is 0. The molecular formula is C15H12FN3O2. The number of nitrogens with one attached hydrogen (secondary N) is 1. The monoisotopic (exact) mass is 285 g/mol. The first-order valence-electron chi connectivity index (χ1n) is 6.01. The van der Waals surface area contributed by atoms with Gasteiger partial charge in [-0.3, -0.25) is 4.79 Å². The molecule has 3 N–H and O–H groups in total. The predicted octanol–water partition coefficient (Wildman–Crippen LogP) is 2.54. The average Bonchev–Trinajstić information content (AvgIpc) is 2.47. The molecule has 0 atom stereocenters. The smallest absolute Gasteiger partial charge is 0.259 e. The number of nitriles is 1. The number of carbonyl (C=O) groups is 1. The zero-order valence-corrected chi connectivity index (χ0v) is 11.2. The minimum absolute atomic E-state index is 0.0898. The molecule has 5 nitrogen and oxygen atoms in total. The highest BCUT2D eigenvalue weighted by atomic mass is 19.1. The molecule has 0 fully saturated rings. The molecular weight excluding hydrogens is 273 g/mol. The summed E-state index contributed by atoms with van der Waals surface area (Å²) in [6.07, 6.45) is 0. The van der Waals surface area contributed by atoms with Crippen LogP contribution in [0, 0.1) is 17.1 Å². The molecule has 1 amide bonds. The summed E-state index contributed by atoms with van der Waals surface area (Å²) in [5.41, 5.74) is 6.10. The Labute approximate surface area is 120 Å². The van der Waals surface area contributed by atoms with E-state index in [0.717, 1.165) is 6.07 Å². The molecule has 2 aromatic carbocycles. The Bertz CT molecular complexity index is 738. The number of amides is 1. The van der Waals surface area contributed by atoms with Gasteiger partial charge in [-0.05, 0) is 24.3 Å². The first-order valence-corrected chi connectivity index (χ1v) is 6.01. The van der Waals surface area contributed by atoms with Crippen molar-refractivity contribution in [3.05, 3.63) is 53.3 Å². The van der Waals surface area contributed by atoms with Crippen molar-refractivity contribution in [2.24, 2.45) is 0 Å². The molecule has 2 rings (SSSR count). The van der Waals surface area contributed by atoms with Gasteiger partial charge in [0, 0.05) is 0 Å². The van der Waals surface area contributed by atoms with Gasteiger partial charge in [0.15, 0.2) is 5.75 Å². The molecule has 106 valence electrons. The van der Waals surface area contributed by atoms with E-state index >= 15 is 0 Å². The Morgan fingerprint density at radius 1 is 1.33 bits per heavy atom. The Hall–Kier alpha value is -3.07. The highest BCUT2D eigenvalue weighted by molar-refractivity contribution is 6.07. The van der Waals surface area contributed by atoms with E-state index < -0.39 is 11.7 Å². The number of nitrogens with two attached hydrogens (primary N) is 1. The molecule has 0 saturated heterocycles. The predicted molar refractivity (Wildman–Crippen MR) is 76.5 cm³/mol. The van der Waals surface area contributed by atoms with E-state index in [9.17, 15) is 9.18 Å². The number of hydrogen-bond acceptors (Lipinski definition) is 4. The summed E-state index contributed by atoms with van der Waals surface area (Å²) >= 11 is 0. The molecule has 0 aromatic heterocycles. The molecule has 0 aliphatic carbocycles. The average molecular weight is 285 g/mol. The number of nitrogens with zero attached hydrogens (tertiary/aromatic N) is 1. The lowest BCUT2D eigenvalue weighted by molar-refractivity contribution is 0.102. The van der Waals surface area contributed by atoms with Crippen molar-refractivity contribution in [2.45, 2.75) is 0 Å². The van der Waals surface area contributed by atoms with Crippen molar-refractivity contribution in [1.82, 2.24) is 0 Å². The fourth-order valence-electron chi connectivity index (χ4n) is 1.89. The van der Waals surface area contributed by atoms with Gasteiger partial charge in [0.2, 0.25) is 0 Å². The van der Waals surface area contributed by atoms with E-state index in [0.29, 0.717) is 5.69 Å². The number of para-hydroxylation sites is 1. The van der Waals surface area contributed by atoms with Gasteiger partial charge in [0.25, 0.3) is 5.91 Å². The van der Waals surface area contributed by atoms with Crippen LogP contribution in [0.1, 0.15) is 15.9 Å². The lowest BCUT2D eigenvalue weighted by atomic mass is 10.1. The summed E-state index contributed by atoms with van der Waals surface area (Å²) in [6, 6.07) is 10.4. The molecule has 0 aliphatic rings. The van der Waals surface area contributed by atoms with Crippen LogP contribution in [-0.4, -0.2) is 13.0 Å². The molecule has 0 bridgehead atoms. The van der Waals surface area contributed by atoms with Gasteiger partial charge in [0.05, 0.1) is 24.0 Å². The number of benzene rings is 2. The minimum Gasteiger partial charge on any atom is -0.494 e. The van der Waals surface area contributed by atoms with E-state index in [-0.39, 0.29) is 22.6 Å². The standard InChI is InChI=1S/C15H12FN3O2/c1-21-14-9(4-2-6-12(14)18)15(20)19-13-7-3-5-11(16)10(13)8-17/h2-7H,18H2,1H3,(H,19,20). The molecule has 21 heavy (non-hydrogen) atoms. The van der Waals surface area contributed by atoms with Gasteiger partial charge in [-0.15, -0.1) is 0 Å². The van der Waals surface area contributed by atoms with E-state index in [1.54, 1.807) is 18.2 Å². The quantitative estimate of drug-likeness (QED) is 0.848. The van der Waals surface area contributed by atoms with Gasteiger partial charge in [-0.2, -0.15) is 5.26 Å². The number of hydrogen-bond donors (Lipinski definition) is 2. The zero-order valence-electron chi connectivity index (χ0n) is 11.2. The van der Waals surface area contributed by atoms with Crippen LogP contribution in [0.2, 0.25) is 0 Å². The van der Waals surface area contributed by atoms with Crippen molar-refractivity contribution in [3.8, 4) is 11.8 Å². The zero-order chi connectivity index (χ0) is 15.4. The lowest BCUT2D eigenvalue weighted by Crippen LogP contribution is -2.15. The molecule has 0 aliphatic heterocycles. The number of methoxy groups -OCH3 is 1. The number of rotatable bonds is 3. The van der Waals surface area contributed by atoms with Gasteiger partial charge in [0.1, 0.15) is 17.4 Å². The third-order valence-corrected chi connectivity index (χ3v) is 2.87. The van der Waals surface area contributed by atoms with Crippen LogP contribution < -0.4 is 15.8 Å². The number of ether oxygens (including phenoxy) is 1. The van der Waals surface area contributed by atoms with E-state index in [1.807, 2.05) is 0 Å². The first kappa shape index (κ1) is 14.3. The number of anilines is 2. The second-order valence-corrected chi connectivity index (χ2v) is 4.16. The minimum atomic E-state index is -0.699. The molecule has 0 saturated carbocycles. The highest BCUT2D eigenvalue weighted by Crippen LogP contribution is 2.27. The van der Waals surface area contributed by atoms with Crippen LogP contribution >= 0.6 is 0 Å². The fraction of sp³-hybridized carbons (Fsp3) is 0.0667. The SMILES string of the molecule is COc1c(N)cccc1C(=O)Nc1cccc(F)c1C#N. The van der Waals surface area contributed by atoms with Crippen molar-refractivity contribution in [2.75, 3.05) is 18.2 Å². The van der Waals surface area contributed by atoms with Crippen LogP contribution in [-0.2, 0) is 0 Å². The van der Waals surface area contributed by atoms with Gasteiger partial charge in [-0.25, -0.2) is 4.39 Å². The Morgan fingerprint density at radius 2 is 2.05 bits per heavy atom. The van der Waals surface area contributed by atoms with Crippen molar-refractivity contribution in [3.63, 3.8) is 0 Å². The van der Waals surface area contributed by atoms with Crippen molar-refractivity contribution >= 4 is 17.3 Å². The maximum absolute atomic E-state index is 13.5. The van der Waals surface area contributed by atoms with E-state index in [4.69, 9.17) is 15.7 Å². The Kier molecular flexibility index (Phi) is 4.05. The molecule has 0 heterocycles. The second-order valence-electron chi connectivity index (χ2n) is 4.16. The topological polar surface area (TPSA) is 88.1 Å². The third kappa shape index (κ3) is 2.77. The molecule has 0 radical (unpaired) electrons. The van der Waals surface area contributed by atoms with Crippen molar-refractivity contribution in [1.29, 1.82) is 5.26 Å². The largest absolute Gasteiger partial charge is 0.494 e. The maximum atomic E-state index is 13.5. The Morgan fingerprint density at radius 3 is 2.71 bits per heavy atom. The highest BCUT2D eigenvalue weighted by Gasteiger charge is 2.17. The van der Waals surface area contributed by atoms with Gasteiger partial charge in [-0.1, -0.05) is 12.1 Å². The summed E-state index contributed by atoms with van der Waals surface area (Å²) in [7, 11) is 1.39. The van der Waals surface area contributed by atoms with Crippen LogP contribution in [0.4, 0.5) is 15.8 Å². The summed E-state index contributed by atoms with van der Waals surface area (Å²) in [5.74, 6) is -1.01. The lowest BCUT2D eigenvalue weighted by Gasteiger charge is -2.12. The van der Waals surface area contributed by atoms with Crippen LogP contribution in [0.3, 0.4) is 0 Å². The van der Waals surface area contributed by atoms with Crippen LogP contribution in [0.15, 0.2) is 36.4 Å². The fourth-order valence-corrected chi connectivity index (χ4v) is 1.89. The number of nitrogen functional groups attached to an aromatic ring is 1. The van der Waals surface area contributed by atoms with Crippen molar-refractivity contribution < 1.29 is 13.9 Å². The van der Waals surface area contributed by atoms with Crippen LogP contribution in [0.5, 0.6) is 5.75 Å². The summed E-state index contributed by atoms with van der Waals surface area (Å²) < 4.78 is 18.6. The Balaban J connectivity index is 2.38. The van der Waals surface area contributed by atoms with E-state index in [1.165, 1.54) is 25.3 Å². The first-order chi connectivity index (χ1) is 10.1. The third-order valence-electron chi connectivity index (χ3n) is 2.87. The second kappa shape index (κ2) is 5.92. The van der Waals surface area contributed by atoms with Gasteiger partial charge < -0.3 is 15.8 Å². The van der Waals surface area contributed by atoms with Gasteiger partial charge >= 0.3 is 0 Å². The number of halogens is 1. The molecule has 6 heteroatoms. The number of carbonyl (C=O) groups excluding carboxylic acids is 1. The summed E-state index contributed by atoms with van der Waals surface area (Å²) in [5, 5.41) is 11.4. The summed E-state index contributed by atoms with van der Waals surface area (Å²) in [4.78, 5) is 12.2. The molecule has 0 spiro atoms. The normalized spacial score (nSPS) is 9.76.